The molecule has 0 spiro atoms. The van der Waals surface area contributed by atoms with Crippen molar-refractivity contribution in [3.63, 3.8) is 0 Å². The van der Waals surface area contributed by atoms with E-state index in [1.165, 1.54) is 25.3 Å². The first-order valence-corrected chi connectivity index (χ1v) is 10.9. The number of fused-ring (bicyclic) bond motifs is 1. The molecule has 2 heterocycles. The first-order chi connectivity index (χ1) is 15.8. The number of hydrogen-bond donors (Lipinski definition) is 1. The van der Waals surface area contributed by atoms with Gasteiger partial charge in [0.15, 0.2) is 29.6 Å². The van der Waals surface area contributed by atoms with E-state index in [1.807, 2.05) is 0 Å². The fourth-order valence-corrected chi connectivity index (χ4v) is 4.46. The number of carboxylic acid groups (broad SMARTS) is 1. The van der Waals surface area contributed by atoms with E-state index < -0.39 is 23.7 Å². The van der Waals surface area contributed by atoms with E-state index in [2.05, 4.69) is 0 Å². The number of hydrogen-bond acceptors (Lipinski definition) is 8. The molecule has 0 radical (unpaired) electrons. The highest BCUT2D eigenvalue weighted by molar-refractivity contribution is 8.18. The van der Waals surface area contributed by atoms with Crippen LogP contribution in [0.1, 0.15) is 11.1 Å². The molecule has 0 saturated carbocycles. The summed E-state index contributed by atoms with van der Waals surface area (Å²) in [6.45, 7) is -0.564. The van der Waals surface area contributed by atoms with Crippen LogP contribution in [0.15, 0.2) is 29.2 Å². The van der Waals surface area contributed by atoms with Crippen molar-refractivity contribution in [1.82, 2.24) is 4.90 Å². The second kappa shape index (κ2) is 9.42. The number of benzene rings is 2. The number of ether oxygens (including phenoxy) is 4. The molecule has 4 rings (SSSR count). The van der Waals surface area contributed by atoms with E-state index in [4.69, 9.17) is 47.3 Å². The maximum absolute atomic E-state index is 12.9. The maximum atomic E-state index is 12.9. The summed E-state index contributed by atoms with van der Waals surface area (Å²) in [6.07, 6.45) is 1.49. The van der Waals surface area contributed by atoms with Crippen molar-refractivity contribution in [2.75, 3.05) is 20.5 Å². The second-order valence-electron chi connectivity index (χ2n) is 6.78. The third kappa shape index (κ3) is 4.82. The highest BCUT2D eigenvalue weighted by Crippen LogP contribution is 2.41. The van der Waals surface area contributed by atoms with Crippen molar-refractivity contribution >= 4 is 58.2 Å². The zero-order valence-electron chi connectivity index (χ0n) is 16.9. The number of carboxylic acids is 1. The van der Waals surface area contributed by atoms with Gasteiger partial charge in [-0.1, -0.05) is 23.2 Å². The van der Waals surface area contributed by atoms with Gasteiger partial charge in [-0.05, 0) is 47.2 Å². The van der Waals surface area contributed by atoms with E-state index in [9.17, 15) is 14.4 Å². The van der Waals surface area contributed by atoms with Crippen LogP contribution in [0.5, 0.6) is 23.0 Å². The Morgan fingerprint density at radius 3 is 2.61 bits per heavy atom. The van der Waals surface area contributed by atoms with Crippen molar-refractivity contribution in [3.05, 3.63) is 50.3 Å². The van der Waals surface area contributed by atoms with Gasteiger partial charge in [-0.15, -0.1) is 0 Å². The smallest absolute Gasteiger partial charge is 0.341 e. The SMILES string of the molecule is COc1cc(/C=C2\SC(=O)N(Cc3cc4c(cc3Cl)OCO4)C2=O)cc(Cl)c1OCC(=O)O. The molecular formula is C21H15Cl2NO8S. The Morgan fingerprint density at radius 1 is 1.18 bits per heavy atom. The van der Waals surface area contributed by atoms with Gasteiger partial charge >= 0.3 is 5.97 Å². The fraction of sp³-hybridized carbons (Fsp3) is 0.190. The van der Waals surface area contributed by atoms with Crippen molar-refractivity contribution in [2.45, 2.75) is 6.54 Å². The van der Waals surface area contributed by atoms with Crippen molar-refractivity contribution < 1.29 is 38.4 Å². The van der Waals surface area contributed by atoms with Crippen LogP contribution in [0, 0.1) is 0 Å². The molecule has 2 aliphatic heterocycles. The standard InChI is InChI=1S/C21H15Cl2NO8S/c1-29-16-3-10(2-13(23)19(16)30-8-18(25)26)4-17-20(27)24(21(28)33-17)7-11-5-14-15(6-12(11)22)32-9-31-14/h2-6H,7-9H2,1H3,(H,25,26)/b17-4-. The molecule has 1 saturated heterocycles. The van der Waals surface area contributed by atoms with E-state index in [0.29, 0.717) is 27.6 Å². The third-order valence-corrected chi connectivity index (χ3v) is 6.17. The summed E-state index contributed by atoms with van der Waals surface area (Å²) >= 11 is 13.3. The molecule has 33 heavy (non-hydrogen) atoms. The van der Waals surface area contributed by atoms with Crippen LogP contribution in [0.25, 0.3) is 6.08 Å². The molecule has 2 aromatic carbocycles. The number of carbonyl (C=O) groups excluding carboxylic acids is 2. The lowest BCUT2D eigenvalue weighted by molar-refractivity contribution is -0.139. The molecule has 2 amide bonds. The van der Waals surface area contributed by atoms with Crippen LogP contribution in [0.4, 0.5) is 4.79 Å². The van der Waals surface area contributed by atoms with E-state index in [1.54, 1.807) is 12.1 Å². The molecule has 0 unspecified atom stereocenters. The number of thioether (sulfide) groups is 1. The Morgan fingerprint density at radius 2 is 1.91 bits per heavy atom. The van der Waals surface area contributed by atoms with Gasteiger partial charge in [0.25, 0.3) is 11.1 Å². The number of amides is 2. The van der Waals surface area contributed by atoms with Gasteiger partial charge in [0.1, 0.15) is 0 Å². The first-order valence-electron chi connectivity index (χ1n) is 9.32. The van der Waals surface area contributed by atoms with Gasteiger partial charge in [0.2, 0.25) is 6.79 Å². The predicted molar refractivity (Wildman–Crippen MR) is 120 cm³/mol. The zero-order valence-corrected chi connectivity index (χ0v) is 19.3. The number of nitrogens with zero attached hydrogens (tertiary/aromatic N) is 1. The predicted octanol–water partition coefficient (Wildman–Crippen LogP) is 4.43. The molecule has 12 heteroatoms. The molecular weight excluding hydrogens is 497 g/mol. The summed E-state index contributed by atoms with van der Waals surface area (Å²) < 4.78 is 21.0. The van der Waals surface area contributed by atoms with Crippen molar-refractivity contribution in [3.8, 4) is 23.0 Å². The Kier molecular flexibility index (Phi) is 6.59. The van der Waals surface area contributed by atoms with Crippen molar-refractivity contribution in [1.29, 1.82) is 0 Å². The molecule has 1 fully saturated rings. The van der Waals surface area contributed by atoms with Gasteiger partial charge in [-0.2, -0.15) is 0 Å². The van der Waals surface area contributed by atoms with E-state index in [0.717, 1.165) is 16.7 Å². The molecule has 0 aliphatic carbocycles. The van der Waals surface area contributed by atoms with Gasteiger partial charge < -0.3 is 24.1 Å². The molecule has 2 aromatic rings. The summed E-state index contributed by atoms with van der Waals surface area (Å²) in [7, 11) is 1.37. The van der Waals surface area contributed by atoms with Crippen LogP contribution in [0.3, 0.4) is 0 Å². The van der Waals surface area contributed by atoms with Crippen LogP contribution < -0.4 is 18.9 Å². The van der Waals surface area contributed by atoms with Crippen LogP contribution in [-0.4, -0.2) is 47.6 Å². The van der Waals surface area contributed by atoms with E-state index >= 15 is 0 Å². The third-order valence-electron chi connectivity index (χ3n) is 4.63. The number of imide groups is 1. The summed E-state index contributed by atoms with van der Waals surface area (Å²) in [5.41, 5.74) is 1.00. The Balaban J connectivity index is 1.57. The summed E-state index contributed by atoms with van der Waals surface area (Å²) in [5, 5.41) is 8.78. The summed E-state index contributed by atoms with van der Waals surface area (Å²) in [5.74, 6) is -0.442. The number of aliphatic carboxylic acids is 1. The zero-order chi connectivity index (χ0) is 23.7. The first kappa shape index (κ1) is 23.1. The topological polar surface area (TPSA) is 112 Å². The minimum atomic E-state index is -1.17. The molecule has 0 bridgehead atoms. The average molecular weight is 512 g/mol. The maximum Gasteiger partial charge on any atom is 0.341 e. The average Bonchev–Trinajstić information content (AvgIpc) is 3.31. The summed E-state index contributed by atoms with van der Waals surface area (Å²) in [4.78, 5) is 37.5. The molecule has 172 valence electrons. The monoisotopic (exact) mass is 511 g/mol. The lowest BCUT2D eigenvalue weighted by atomic mass is 10.1. The highest BCUT2D eigenvalue weighted by Gasteiger charge is 2.36. The lowest BCUT2D eigenvalue weighted by Crippen LogP contribution is -2.27. The number of carbonyl (C=O) groups is 3. The minimum absolute atomic E-state index is 0.0382. The minimum Gasteiger partial charge on any atom is -0.493 e. The Bertz CT molecular complexity index is 1200. The molecule has 1 N–H and O–H groups in total. The van der Waals surface area contributed by atoms with Gasteiger partial charge in [-0.3, -0.25) is 14.5 Å². The second-order valence-corrected chi connectivity index (χ2v) is 8.59. The molecule has 0 aromatic heterocycles. The number of halogens is 2. The Hall–Kier alpha value is -3.08. The number of methoxy groups -OCH3 is 1. The fourth-order valence-electron chi connectivity index (χ4n) is 3.14. The van der Waals surface area contributed by atoms with Crippen LogP contribution >= 0.6 is 35.0 Å². The summed E-state index contributed by atoms with van der Waals surface area (Å²) in [6, 6.07) is 6.21. The molecule has 0 atom stereocenters. The lowest BCUT2D eigenvalue weighted by Gasteiger charge is -2.14. The highest BCUT2D eigenvalue weighted by atomic mass is 35.5. The molecule has 2 aliphatic rings. The molecule has 9 nitrogen and oxygen atoms in total. The van der Waals surface area contributed by atoms with Crippen LogP contribution in [-0.2, 0) is 16.1 Å². The van der Waals surface area contributed by atoms with Gasteiger partial charge in [0.05, 0.1) is 23.6 Å². The number of rotatable bonds is 7. The van der Waals surface area contributed by atoms with Gasteiger partial charge in [-0.25, -0.2) is 4.79 Å². The van der Waals surface area contributed by atoms with Gasteiger partial charge in [0, 0.05) is 11.1 Å². The Labute approximate surface area is 201 Å². The van der Waals surface area contributed by atoms with Crippen LogP contribution in [0.2, 0.25) is 10.0 Å². The van der Waals surface area contributed by atoms with E-state index in [-0.39, 0.29) is 34.8 Å². The largest absolute Gasteiger partial charge is 0.493 e. The van der Waals surface area contributed by atoms with Crippen molar-refractivity contribution in [2.24, 2.45) is 0 Å². The quantitative estimate of drug-likeness (QED) is 0.539. The normalized spacial score (nSPS) is 16.0.